The highest BCUT2D eigenvalue weighted by Crippen LogP contribution is 2.31. The van der Waals surface area contributed by atoms with Crippen LogP contribution in [-0.4, -0.2) is 83.4 Å². The number of likely N-dealkylation sites (tertiary alicyclic amines) is 1. The molecule has 1 saturated carbocycles. The summed E-state index contributed by atoms with van der Waals surface area (Å²) in [7, 11) is 1.82. The maximum absolute atomic E-state index is 12.4. The third-order valence-electron chi connectivity index (χ3n) is 6.59. The number of carbonyl (C=O) groups excluding carboxylic acids is 2. The lowest BCUT2D eigenvalue weighted by Gasteiger charge is -2.38. The molecule has 1 N–H and O–H groups in total. The molecule has 8 heteroatoms. The smallest absolute Gasteiger partial charge is 0.254 e. The fourth-order valence-electron chi connectivity index (χ4n) is 4.33. The van der Waals surface area contributed by atoms with Crippen LogP contribution < -0.4 is 5.32 Å². The first-order valence-corrected chi connectivity index (χ1v) is 10.9. The first kappa shape index (κ1) is 20.3. The second-order valence-corrected chi connectivity index (χ2v) is 8.90. The third kappa shape index (κ3) is 5.17. The van der Waals surface area contributed by atoms with E-state index in [9.17, 15) is 9.59 Å². The van der Waals surface area contributed by atoms with Gasteiger partial charge in [-0.05, 0) is 57.5 Å². The Bertz CT molecular complexity index is 737. The summed E-state index contributed by atoms with van der Waals surface area (Å²) in [6.07, 6.45) is 6.56. The average molecular weight is 404 g/mol. The van der Waals surface area contributed by atoms with E-state index in [4.69, 9.17) is 4.74 Å². The van der Waals surface area contributed by atoms with Crippen molar-refractivity contribution < 1.29 is 14.3 Å². The molecule has 1 aromatic rings. The van der Waals surface area contributed by atoms with Crippen molar-refractivity contribution in [3.63, 3.8) is 0 Å². The molecule has 0 bridgehead atoms. The van der Waals surface area contributed by atoms with E-state index in [0.717, 1.165) is 31.2 Å². The van der Waals surface area contributed by atoms with E-state index < -0.39 is 0 Å². The number of piperidine rings is 1. The Balaban J connectivity index is 1.22. The molecule has 0 spiro atoms. The molecule has 3 heterocycles. The molecule has 160 valence electrons. The van der Waals surface area contributed by atoms with Gasteiger partial charge in [0.25, 0.3) is 5.91 Å². The molecule has 0 radical (unpaired) electrons. The molecule has 4 rings (SSSR count). The zero-order valence-electron chi connectivity index (χ0n) is 17.6. The Hall–Kier alpha value is -1.93. The standard InChI is InChI=1S/C21H33N5O3/c1-15-19(10-23-24(15)2)21(28)22-9-18-13-26(20(27)14-29-18)12-17-5-7-25(8-6-17)11-16-3-4-16/h10,16-18H,3-9,11-14H2,1-2H3,(H,22,28)/t18-/m1/s1. The fraction of sp³-hybridized carbons (Fsp3) is 0.762. The number of amides is 2. The molecule has 1 aromatic heterocycles. The van der Waals surface area contributed by atoms with Crippen molar-refractivity contribution in [2.45, 2.75) is 38.7 Å². The maximum atomic E-state index is 12.4. The van der Waals surface area contributed by atoms with Gasteiger partial charge in [-0.15, -0.1) is 0 Å². The van der Waals surface area contributed by atoms with Gasteiger partial charge in [-0.2, -0.15) is 5.10 Å². The molecule has 1 atom stereocenters. The Kier molecular flexibility index (Phi) is 6.20. The fourth-order valence-corrected chi connectivity index (χ4v) is 4.33. The molecular formula is C21H33N5O3. The molecule has 0 aromatic carbocycles. The number of nitrogens with one attached hydrogen (secondary N) is 1. The summed E-state index contributed by atoms with van der Waals surface area (Å²) in [5, 5.41) is 7.04. The van der Waals surface area contributed by atoms with Crippen LogP contribution in [0.1, 0.15) is 41.7 Å². The minimum Gasteiger partial charge on any atom is -0.365 e. The van der Waals surface area contributed by atoms with Crippen molar-refractivity contribution >= 4 is 11.8 Å². The zero-order chi connectivity index (χ0) is 20.4. The van der Waals surface area contributed by atoms with Crippen LogP contribution in [0.15, 0.2) is 6.20 Å². The Morgan fingerprint density at radius 2 is 1.93 bits per heavy atom. The summed E-state index contributed by atoms with van der Waals surface area (Å²) in [6, 6.07) is 0. The van der Waals surface area contributed by atoms with Crippen LogP contribution in [0.5, 0.6) is 0 Å². The number of morpholine rings is 1. The molecule has 3 aliphatic rings. The zero-order valence-corrected chi connectivity index (χ0v) is 17.6. The van der Waals surface area contributed by atoms with E-state index in [1.165, 1.54) is 32.2 Å². The molecule has 2 amide bonds. The third-order valence-corrected chi connectivity index (χ3v) is 6.59. The van der Waals surface area contributed by atoms with Gasteiger partial charge in [-0.3, -0.25) is 14.3 Å². The minimum atomic E-state index is -0.163. The average Bonchev–Trinajstić information content (AvgIpc) is 3.47. The van der Waals surface area contributed by atoms with E-state index in [2.05, 4.69) is 15.3 Å². The van der Waals surface area contributed by atoms with E-state index in [0.29, 0.717) is 24.6 Å². The van der Waals surface area contributed by atoms with Gasteiger partial charge in [0.2, 0.25) is 5.91 Å². The largest absolute Gasteiger partial charge is 0.365 e. The van der Waals surface area contributed by atoms with Crippen LogP contribution in [-0.2, 0) is 16.6 Å². The lowest BCUT2D eigenvalue weighted by atomic mass is 9.95. The van der Waals surface area contributed by atoms with Crippen molar-refractivity contribution in [3.05, 3.63) is 17.5 Å². The molecular weight excluding hydrogens is 370 g/mol. The molecule has 2 saturated heterocycles. The SMILES string of the molecule is Cc1c(C(=O)NC[C@@H]2CN(CC3CCN(CC4CC4)CC3)C(=O)CO2)cnn1C. The second kappa shape index (κ2) is 8.83. The van der Waals surface area contributed by atoms with Crippen LogP contribution in [0.2, 0.25) is 0 Å². The van der Waals surface area contributed by atoms with E-state index in [1.807, 2.05) is 18.9 Å². The van der Waals surface area contributed by atoms with Crippen LogP contribution >= 0.6 is 0 Å². The van der Waals surface area contributed by atoms with Gasteiger partial charge >= 0.3 is 0 Å². The number of rotatable bonds is 7. The number of hydrogen-bond donors (Lipinski definition) is 1. The topological polar surface area (TPSA) is 79.7 Å². The van der Waals surface area contributed by atoms with Gasteiger partial charge in [-0.25, -0.2) is 0 Å². The molecule has 8 nitrogen and oxygen atoms in total. The number of ether oxygens (including phenoxy) is 1. The Morgan fingerprint density at radius 3 is 2.59 bits per heavy atom. The number of nitrogens with zero attached hydrogens (tertiary/aromatic N) is 4. The van der Waals surface area contributed by atoms with Gasteiger partial charge in [0, 0.05) is 38.9 Å². The summed E-state index contributed by atoms with van der Waals surface area (Å²) >= 11 is 0. The van der Waals surface area contributed by atoms with Crippen LogP contribution in [0.25, 0.3) is 0 Å². The number of aromatic nitrogens is 2. The van der Waals surface area contributed by atoms with E-state index in [1.54, 1.807) is 10.9 Å². The van der Waals surface area contributed by atoms with Crippen molar-refractivity contribution in [2.75, 3.05) is 45.9 Å². The highest BCUT2D eigenvalue weighted by molar-refractivity contribution is 5.95. The monoisotopic (exact) mass is 403 g/mol. The van der Waals surface area contributed by atoms with Crippen molar-refractivity contribution in [1.29, 1.82) is 0 Å². The van der Waals surface area contributed by atoms with Gasteiger partial charge in [0.15, 0.2) is 0 Å². The van der Waals surface area contributed by atoms with Gasteiger partial charge < -0.3 is 19.9 Å². The van der Waals surface area contributed by atoms with Crippen molar-refractivity contribution in [3.8, 4) is 0 Å². The van der Waals surface area contributed by atoms with Gasteiger partial charge in [-0.1, -0.05) is 0 Å². The van der Waals surface area contributed by atoms with Crippen LogP contribution in [0, 0.1) is 18.8 Å². The summed E-state index contributed by atoms with van der Waals surface area (Å²) in [5.41, 5.74) is 1.41. The van der Waals surface area contributed by atoms with Gasteiger partial charge in [0.05, 0.1) is 17.9 Å². The predicted molar refractivity (Wildman–Crippen MR) is 108 cm³/mol. The lowest BCUT2D eigenvalue weighted by molar-refractivity contribution is -0.149. The number of hydrogen-bond acceptors (Lipinski definition) is 5. The van der Waals surface area contributed by atoms with Crippen LogP contribution in [0.4, 0.5) is 0 Å². The normalized spacial score (nSPS) is 24.1. The highest BCUT2D eigenvalue weighted by atomic mass is 16.5. The molecule has 2 aliphatic heterocycles. The molecule has 1 aliphatic carbocycles. The molecule has 3 fully saturated rings. The van der Waals surface area contributed by atoms with E-state index in [-0.39, 0.29) is 24.5 Å². The van der Waals surface area contributed by atoms with Crippen LogP contribution in [0.3, 0.4) is 0 Å². The summed E-state index contributed by atoms with van der Waals surface area (Å²) in [5.74, 6) is 1.43. The summed E-state index contributed by atoms with van der Waals surface area (Å²) < 4.78 is 7.35. The summed E-state index contributed by atoms with van der Waals surface area (Å²) in [6.45, 7) is 7.31. The highest BCUT2D eigenvalue weighted by Gasteiger charge is 2.31. The lowest BCUT2D eigenvalue weighted by Crippen LogP contribution is -2.52. The number of aryl methyl sites for hydroxylation is 1. The maximum Gasteiger partial charge on any atom is 0.254 e. The quantitative estimate of drug-likeness (QED) is 0.729. The number of carbonyl (C=O) groups is 2. The summed E-state index contributed by atoms with van der Waals surface area (Å²) in [4.78, 5) is 29.3. The second-order valence-electron chi connectivity index (χ2n) is 8.90. The Morgan fingerprint density at radius 1 is 1.21 bits per heavy atom. The van der Waals surface area contributed by atoms with Gasteiger partial charge in [0.1, 0.15) is 6.61 Å². The molecule has 29 heavy (non-hydrogen) atoms. The van der Waals surface area contributed by atoms with Crippen molar-refractivity contribution in [2.24, 2.45) is 18.9 Å². The molecule has 0 unspecified atom stereocenters. The predicted octanol–water partition coefficient (Wildman–Crippen LogP) is 0.808. The van der Waals surface area contributed by atoms with E-state index >= 15 is 0 Å². The Labute approximate surface area is 172 Å². The minimum absolute atomic E-state index is 0.0658. The van der Waals surface area contributed by atoms with Crippen molar-refractivity contribution in [1.82, 2.24) is 24.9 Å². The first-order valence-electron chi connectivity index (χ1n) is 10.9. The first-order chi connectivity index (χ1) is 14.0.